The normalized spacial score (nSPS) is 19.5. The second-order valence-corrected chi connectivity index (χ2v) is 14.2. The van der Waals surface area contributed by atoms with Crippen LogP contribution >= 0.6 is 11.6 Å². The molecule has 5 rings (SSSR count). The molecule has 0 spiro atoms. The van der Waals surface area contributed by atoms with Crippen molar-refractivity contribution in [2.45, 2.75) is 23.8 Å². The molecule has 2 aliphatic rings. The fourth-order valence-corrected chi connectivity index (χ4v) is 7.32. The van der Waals surface area contributed by atoms with Gasteiger partial charge in [-0.2, -0.15) is 12.7 Å². The number of rotatable bonds is 7. The van der Waals surface area contributed by atoms with Crippen LogP contribution in [0.2, 0.25) is 5.02 Å². The van der Waals surface area contributed by atoms with Crippen molar-refractivity contribution in [3.05, 3.63) is 65.9 Å². The molecule has 1 amide bonds. The van der Waals surface area contributed by atoms with Crippen LogP contribution in [0.25, 0.3) is 10.8 Å². The summed E-state index contributed by atoms with van der Waals surface area (Å²) in [6.07, 6.45) is 5.62. The van der Waals surface area contributed by atoms with E-state index in [9.17, 15) is 26.4 Å². The minimum Gasteiger partial charge on any atom is -0.371 e. The van der Waals surface area contributed by atoms with Crippen LogP contribution in [0, 0.1) is 5.92 Å². The fraction of sp³-hybridized carbons (Fsp3) is 0.370. The van der Waals surface area contributed by atoms with Gasteiger partial charge in [-0.3, -0.25) is 9.78 Å². The van der Waals surface area contributed by atoms with Crippen molar-refractivity contribution in [1.82, 2.24) is 14.2 Å². The lowest BCUT2D eigenvalue weighted by molar-refractivity contribution is -0.152. The van der Waals surface area contributed by atoms with E-state index in [1.807, 2.05) is 12.1 Å². The van der Waals surface area contributed by atoms with Gasteiger partial charge in [-0.25, -0.2) is 13.2 Å². The maximum atomic E-state index is 13.6. The summed E-state index contributed by atoms with van der Waals surface area (Å²) in [5, 5.41) is 1.87. The maximum Gasteiger partial charge on any atom is 0.345 e. The van der Waals surface area contributed by atoms with Gasteiger partial charge < -0.3 is 14.0 Å². The number of benzene rings is 2. The zero-order chi connectivity index (χ0) is 29.4. The lowest BCUT2D eigenvalue weighted by Crippen LogP contribution is -2.62. The lowest BCUT2D eigenvalue weighted by atomic mass is 9.94. The third-order valence-electron chi connectivity index (χ3n) is 7.40. The first kappa shape index (κ1) is 29.2. The average molecular weight is 621 g/mol. The number of sulfonamides is 1. The molecule has 2 saturated heterocycles. The Morgan fingerprint density at radius 2 is 1.66 bits per heavy atom. The number of carbonyl (C=O) groups is 2. The predicted octanol–water partition coefficient (Wildman–Crippen LogP) is 2.51. The van der Waals surface area contributed by atoms with Gasteiger partial charge in [-0.15, -0.1) is 0 Å². The topological polar surface area (TPSA) is 134 Å². The predicted molar refractivity (Wildman–Crippen MR) is 153 cm³/mol. The number of amides is 1. The Balaban J connectivity index is 1.36. The van der Waals surface area contributed by atoms with Crippen LogP contribution in [0.15, 0.2) is 65.8 Å². The quantitative estimate of drug-likeness (QED) is 0.365. The minimum atomic E-state index is -4.22. The summed E-state index contributed by atoms with van der Waals surface area (Å²) in [6, 6.07) is 11.9. The second kappa shape index (κ2) is 11.6. The molecular formula is C27H29ClN4O7S2. The van der Waals surface area contributed by atoms with Crippen molar-refractivity contribution < 1.29 is 30.6 Å². The van der Waals surface area contributed by atoms with Crippen LogP contribution in [0.4, 0.5) is 5.69 Å². The Bertz CT molecular complexity index is 1680. The molecule has 3 aromatic rings. The molecule has 41 heavy (non-hydrogen) atoms. The first-order valence-electron chi connectivity index (χ1n) is 13.0. The number of pyridine rings is 1. The van der Waals surface area contributed by atoms with Crippen LogP contribution in [0.1, 0.15) is 12.8 Å². The van der Waals surface area contributed by atoms with E-state index in [-0.39, 0.29) is 17.4 Å². The van der Waals surface area contributed by atoms with Crippen LogP contribution in [-0.2, 0) is 33.9 Å². The SMILES string of the molecule is CS(=O)(=O)OC(=O)[C@H]1CN(S(=O)(=O)c2ccc3cc(Cl)ccc3c2)CC(=O)N1CC1CCN(c2ccncc2)CC1. The van der Waals surface area contributed by atoms with Gasteiger partial charge in [0.15, 0.2) is 0 Å². The number of piperidine rings is 1. The van der Waals surface area contributed by atoms with E-state index in [2.05, 4.69) is 14.1 Å². The highest BCUT2D eigenvalue weighted by Crippen LogP contribution is 2.29. The number of carbonyl (C=O) groups excluding carboxylic acids is 2. The molecule has 0 bridgehead atoms. The van der Waals surface area contributed by atoms with Crippen molar-refractivity contribution in [2.75, 3.05) is 43.9 Å². The molecule has 0 unspecified atom stereocenters. The van der Waals surface area contributed by atoms with Gasteiger partial charge in [0.2, 0.25) is 15.9 Å². The Kier molecular flexibility index (Phi) is 8.24. The van der Waals surface area contributed by atoms with Crippen LogP contribution in [0.3, 0.4) is 0 Å². The third-order valence-corrected chi connectivity index (χ3v) is 9.91. The number of anilines is 1. The molecule has 0 radical (unpaired) electrons. The molecule has 1 aromatic heterocycles. The zero-order valence-corrected chi connectivity index (χ0v) is 24.6. The summed E-state index contributed by atoms with van der Waals surface area (Å²) < 4.78 is 56.3. The fourth-order valence-electron chi connectivity index (χ4n) is 5.30. The molecule has 14 heteroatoms. The Morgan fingerprint density at radius 3 is 2.34 bits per heavy atom. The van der Waals surface area contributed by atoms with E-state index >= 15 is 0 Å². The maximum absolute atomic E-state index is 13.6. The van der Waals surface area contributed by atoms with Gasteiger partial charge >= 0.3 is 16.1 Å². The van der Waals surface area contributed by atoms with Gasteiger partial charge in [-0.1, -0.05) is 23.7 Å². The summed E-state index contributed by atoms with van der Waals surface area (Å²) in [5.41, 5.74) is 1.04. The molecule has 0 aliphatic carbocycles. The van der Waals surface area contributed by atoms with Crippen LogP contribution in [0.5, 0.6) is 0 Å². The molecule has 1 atom stereocenters. The molecule has 2 aromatic carbocycles. The van der Waals surface area contributed by atoms with Crippen LogP contribution < -0.4 is 4.90 Å². The minimum absolute atomic E-state index is 0.0287. The van der Waals surface area contributed by atoms with E-state index < -0.39 is 51.1 Å². The standard InChI is InChI=1S/C27H29ClN4O7S2/c1-40(35,36)39-27(34)25-17-31(41(37,38)24-5-3-20-14-22(28)4-2-21(20)15-24)18-26(33)32(25)16-19-8-12-30(13-9-19)23-6-10-29-11-7-23/h2-7,10-11,14-15,19,25H,8-9,12-13,16-18H2,1H3/t25-/m1/s1. The molecule has 2 aliphatic heterocycles. The van der Waals surface area contributed by atoms with Gasteiger partial charge in [0.1, 0.15) is 6.04 Å². The summed E-state index contributed by atoms with van der Waals surface area (Å²) in [5.74, 6) is -1.76. The Hall–Kier alpha value is -3.26. The van der Waals surface area contributed by atoms with E-state index in [0.717, 1.165) is 47.6 Å². The van der Waals surface area contributed by atoms with Crippen molar-refractivity contribution in [3.63, 3.8) is 0 Å². The largest absolute Gasteiger partial charge is 0.371 e. The summed E-state index contributed by atoms with van der Waals surface area (Å²) in [7, 11) is -8.41. The zero-order valence-electron chi connectivity index (χ0n) is 22.2. The van der Waals surface area contributed by atoms with Crippen molar-refractivity contribution >= 4 is 60.1 Å². The average Bonchev–Trinajstić information content (AvgIpc) is 2.93. The van der Waals surface area contributed by atoms with E-state index in [4.69, 9.17) is 11.6 Å². The monoisotopic (exact) mass is 620 g/mol. The number of nitrogens with zero attached hydrogens (tertiary/aromatic N) is 4. The van der Waals surface area contributed by atoms with E-state index in [0.29, 0.717) is 10.4 Å². The first-order valence-corrected chi connectivity index (χ1v) is 16.6. The lowest BCUT2D eigenvalue weighted by Gasteiger charge is -2.42. The molecule has 0 saturated carbocycles. The number of hydrogen-bond acceptors (Lipinski definition) is 9. The van der Waals surface area contributed by atoms with Crippen molar-refractivity contribution in [2.24, 2.45) is 5.92 Å². The number of fused-ring (bicyclic) bond motifs is 1. The highest BCUT2D eigenvalue weighted by atomic mass is 35.5. The van der Waals surface area contributed by atoms with Gasteiger partial charge in [0, 0.05) is 49.3 Å². The van der Waals surface area contributed by atoms with E-state index in [1.165, 1.54) is 17.0 Å². The van der Waals surface area contributed by atoms with E-state index in [1.54, 1.807) is 36.7 Å². The number of hydrogen-bond donors (Lipinski definition) is 0. The first-order chi connectivity index (χ1) is 19.4. The smallest absolute Gasteiger partial charge is 0.345 e. The summed E-state index contributed by atoms with van der Waals surface area (Å²) in [6.45, 7) is 0.708. The molecule has 218 valence electrons. The molecule has 11 nitrogen and oxygen atoms in total. The number of halogens is 1. The van der Waals surface area contributed by atoms with Crippen molar-refractivity contribution in [1.29, 1.82) is 0 Å². The van der Waals surface area contributed by atoms with Gasteiger partial charge in [-0.05, 0) is 65.9 Å². The molecule has 3 heterocycles. The Morgan fingerprint density at radius 1 is 1.00 bits per heavy atom. The highest BCUT2D eigenvalue weighted by molar-refractivity contribution is 7.89. The number of piperazine rings is 1. The third kappa shape index (κ3) is 6.64. The van der Waals surface area contributed by atoms with Gasteiger partial charge in [0.05, 0.1) is 17.7 Å². The summed E-state index contributed by atoms with van der Waals surface area (Å²) >= 11 is 6.04. The highest BCUT2D eigenvalue weighted by Gasteiger charge is 2.44. The number of aromatic nitrogens is 1. The summed E-state index contributed by atoms with van der Waals surface area (Å²) in [4.78, 5) is 33.9. The Labute approximate surface area is 243 Å². The molecular weight excluding hydrogens is 592 g/mol. The molecule has 2 fully saturated rings. The van der Waals surface area contributed by atoms with Crippen LogP contribution in [-0.4, -0.2) is 87.9 Å². The van der Waals surface area contributed by atoms with Crippen molar-refractivity contribution in [3.8, 4) is 0 Å². The van der Waals surface area contributed by atoms with Gasteiger partial charge in [0.25, 0.3) is 0 Å². The molecule has 0 N–H and O–H groups in total. The second-order valence-electron chi connectivity index (χ2n) is 10.3.